The normalized spacial score (nSPS) is 13.0. The first-order chi connectivity index (χ1) is 11.2. The molecular formula is C19H25NO2S. The molecule has 0 aliphatic carbocycles. The summed E-state index contributed by atoms with van der Waals surface area (Å²) in [6.45, 7) is 5.18. The molecule has 3 nitrogen and oxygen atoms in total. The van der Waals surface area contributed by atoms with Gasteiger partial charge in [0.05, 0.1) is 11.5 Å². The summed E-state index contributed by atoms with van der Waals surface area (Å²) < 4.78 is 6.76. The van der Waals surface area contributed by atoms with Crippen molar-refractivity contribution in [2.75, 3.05) is 6.61 Å². The molecule has 0 saturated carbocycles. The van der Waals surface area contributed by atoms with E-state index in [0.717, 1.165) is 28.4 Å². The molecular weight excluding hydrogens is 306 g/mol. The lowest BCUT2D eigenvalue weighted by Crippen LogP contribution is -2.11. The second-order valence-corrected chi connectivity index (χ2v) is 6.67. The molecule has 2 aromatic rings. The molecule has 1 aromatic carbocycles. The topological polar surface area (TPSA) is 35.3 Å². The van der Waals surface area contributed by atoms with Gasteiger partial charge in [0.25, 0.3) is 0 Å². The van der Waals surface area contributed by atoms with E-state index >= 15 is 0 Å². The molecule has 23 heavy (non-hydrogen) atoms. The second-order valence-electron chi connectivity index (χ2n) is 5.69. The van der Waals surface area contributed by atoms with Crippen molar-refractivity contribution in [2.24, 2.45) is 5.92 Å². The molecule has 124 valence electrons. The summed E-state index contributed by atoms with van der Waals surface area (Å²) in [5.74, 6) is 1.44. The highest BCUT2D eigenvalue weighted by atomic mass is 32.1. The van der Waals surface area contributed by atoms with Crippen LogP contribution in [0.5, 0.6) is 5.75 Å². The molecule has 1 aromatic heterocycles. The maximum Gasteiger partial charge on any atom is 0.216 e. The van der Waals surface area contributed by atoms with Crippen LogP contribution in [0.4, 0.5) is 5.69 Å². The van der Waals surface area contributed by atoms with E-state index in [9.17, 15) is 5.21 Å². The highest BCUT2D eigenvalue weighted by molar-refractivity contribution is 7.11. The van der Waals surface area contributed by atoms with Crippen molar-refractivity contribution in [3.05, 3.63) is 51.9 Å². The predicted octanol–water partition coefficient (Wildman–Crippen LogP) is 5.60. The largest absolute Gasteiger partial charge is 0.618 e. The van der Waals surface area contributed by atoms with E-state index in [2.05, 4.69) is 13.8 Å². The Morgan fingerprint density at radius 1 is 1.22 bits per heavy atom. The average molecular weight is 331 g/mol. The van der Waals surface area contributed by atoms with Crippen LogP contribution in [-0.4, -0.2) is 17.6 Å². The Kier molecular flexibility index (Phi) is 7.14. The summed E-state index contributed by atoms with van der Waals surface area (Å²) in [4.78, 5) is 0.946. The lowest BCUT2D eigenvalue weighted by atomic mass is 10.0. The van der Waals surface area contributed by atoms with Crippen molar-refractivity contribution in [1.29, 1.82) is 0 Å². The highest BCUT2D eigenvalue weighted by Gasteiger charge is 2.08. The standard InChI is InChI=1S/C19H25NO2S/c1-3-5-7-16(4-2)15-22-18-11-9-17(10-12-18)20(21)14-19-8-6-13-23-19/h6,8-14,16H,3-5,7,15H2,1-2H3/b20-14-. The van der Waals surface area contributed by atoms with Crippen LogP contribution in [0.1, 0.15) is 44.4 Å². The molecule has 1 unspecified atom stereocenters. The van der Waals surface area contributed by atoms with Crippen LogP contribution in [0.3, 0.4) is 0 Å². The summed E-state index contributed by atoms with van der Waals surface area (Å²) >= 11 is 1.55. The molecule has 0 aliphatic rings. The van der Waals surface area contributed by atoms with Gasteiger partial charge in [0.2, 0.25) is 5.69 Å². The monoisotopic (exact) mass is 331 g/mol. The van der Waals surface area contributed by atoms with E-state index in [0.29, 0.717) is 11.6 Å². The maximum absolute atomic E-state index is 12.1. The van der Waals surface area contributed by atoms with Crippen molar-refractivity contribution in [2.45, 2.75) is 39.5 Å². The van der Waals surface area contributed by atoms with E-state index in [1.807, 2.05) is 29.6 Å². The number of hydrogen-bond acceptors (Lipinski definition) is 3. The number of benzene rings is 1. The summed E-state index contributed by atoms with van der Waals surface area (Å²) in [6, 6.07) is 11.2. The average Bonchev–Trinajstić information content (AvgIpc) is 3.08. The number of ether oxygens (including phenoxy) is 1. The maximum atomic E-state index is 12.1. The van der Waals surface area contributed by atoms with Gasteiger partial charge >= 0.3 is 0 Å². The molecule has 0 spiro atoms. The molecule has 0 saturated heterocycles. The SMILES string of the molecule is CCCCC(CC)COc1ccc(/[N+]([O-])=C/c2cccs2)cc1. The van der Waals surface area contributed by atoms with Crippen molar-refractivity contribution in [1.82, 2.24) is 0 Å². The van der Waals surface area contributed by atoms with Crippen LogP contribution >= 0.6 is 11.3 Å². The van der Waals surface area contributed by atoms with Crippen LogP contribution in [0.2, 0.25) is 0 Å². The molecule has 4 heteroatoms. The van der Waals surface area contributed by atoms with Crippen LogP contribution in [0.25, 0.3) is 0 Å². The van der Waals surface area contributed by atoms with Gasteiger partial charge in [0.15, 0.2) is 6.21 Å². The molecule has 0 aliphatic heterocycles. The Bertz CT molecular complexity index is 590. The zero-order valence-corrected chi connectivity index (χ0v) is 14.7. The van der Waals surface area contributed by atoms with Gasteiger partial charge in [-0.05, 0) is 35.9 Å². The number of nitrogens with zero attached hydrogens (tertiary/aromatic N) is 1. The van der Waals surface area contributed by atoms with Crippen molar-refractivity contribution < 1.29 is 9.48 Å². The Morgan fingerprint density at radius 2 is 2.00 bits per heavy atom. The van der Waals surface area contributed by atoms with Gasteiger partial charge in [-0.3, -0.25) is 0 Å². The lowest BCUT2D eigenvalue weighted by molar-refractivity contribution is -0.354. The molecule has 0 N–H and O–H groups in total. The highest BCUT2D eigenvalue weighted by Crippen LogP contribution is 2.20. The number of unbranched alkanes of at least 4 members (excludes halogenated alkanes) is 1. The van der Waals surface area contributed by atoms with E-state index in [1.165, 1.54) is 19.3 Å². The molecule has 0 amide bonds. The van der Waals surface area contributed by atoms with Gasteiger partial charge in [0, 0.05) is 12.1 Å². The molecule has 0 radical (unpaired) electrons. The third kappa shape index (κ3) is 5.71. The Balaban J connectivity index is 1.91. The first kappa shape index (κ1) is 17.5. The molecule has 1 heterocycles. The Labute approximate surface area is 142 Å². The van der Waals surface area contributed by atoms with Crippen molar-refractivity contribution >= 4 is 23.2 Å². The fraction of sp³-hybridized carbons (Fsp3) is 0.421. The van der Waals surface area contributed by atoms with E-state index < -0.39 is 0 Å². The summed E-state index contributed by atoms with van der Waals surface area (Å²) in [6.07, 6.45) is 6.44. The fourth-order valence-corrected chi connectivity index (χ4v) is 2.98. The Hall–Kier alpha value is -1.81. The number of hydrogen-bond donors (Lipinski definition) is 0. The van der Waals surface area contributed by atoms with E-state index in [4.69, 9.17) is 4.74 Å². The third-order valence-corrected chi connectivity index (χ3v) is 4.71. The predicted molar refractivity (Wildman–Crippen MR) is 98.0 cm³/mol. The summed E-state index contributed by atoms with van der Waals surface area (Å²) in [7, 11) is 0. The van der Waals surface area contributed by atoms with Gasteiger partial charge in [0.1, 0.15) is 5.75 Å². The number of rotatable bonds is 9. The number of thiophene rings is 1. The molecule has 1 atom stereocenters. The van der Waals surface area contributed by atoms with E-state index in [-0.39, 0.29) is 0 Å². The van der Waals surface area contributed by atoms with Crippen LogP contribution in [0.15, 0.2) is 41.8 Å². The van der Waals surface area contributed by atoms with Crippen molar-refractivity contribution in [3.63, 3.8) is 0 Å². The van der Waals surface area contributed by atoms with Gasteiger partial charge in [-0.2, -0.15) is 4.74 Å². The molecule has 2 rings (SSSR count). The Morgan fingerprint density at radius 3 is 2.61 bits per heavy atom. The lowest BCUT2D eigenvalue weighted by Gasteiger charge is -2.15. The van der Waals surface area contributed by atoms with Gasteiger partial charge in [-0.15, -0.1) is 11.3 Å². The van der Waals surface area contributed by atoms with Crippen LogP contribution < -0.4 is 4.74 Å². The van der Waals surface area contributed by atoms with Gasteiger partial charge in [-0.25, -0.2) is 0 Å². The van der Waals surface area contributed by atoms with Crippen LogP contribution in [-0.2, 0) is 0 Å². The first-order valence-corrected chi connectivity index (χ1v) is 9.18. The molecule has 0 fully saturated rings. The minimum Gasteiger partial charge on any atom is -0.618 e. The van der Waals surface area contributed by atoms with Gasteiger partial charge < -0.3 is 9.94 Å². The fourth-order valence-electron chi connectivity index (χ4n) is 2.36. The third-order valence-electron chi connectivity index (χ3n) is 3.91. The molecule has 0 bridgehead atoms. The second kappa shape index (κ2) is 9.36. The summed E-state index contributed by atoms with van der Waals surface area (Å²) in [5, 5.41) is 14.0. The first-order valence-electron chi connectivity index (χ1n) is 8.30. The summed E-state index contributed by atoms with van der Waals surface area (Å²) in [5.41, 5.74) is 0.615. The van der Waals surface area contributed by atoms with Gasteiger partial charge in [-0.1, -0.05) is 39.2 Å². The quantitative estimate of drug-likeness (QED) is 0.259. The van der Waals surface area contributed by atoms with Crippen molar-refractivity contribution in [3.8, 4) is 5.75 Å². The zero-order valence-electron chi connectivity index (χ0n) is 13.9. The van der Waals surface area contributed by atoms with E-state index in [1.54, 1.807) is 29.7 Å². The smallest absolute Gasteiger partial charge is 0.216 e. The van der Waals surface area contributed by atoms with Crippen LogP contribution in [0, 0.1) is 11.1 Å². The minimum atomic E-state index is 0.609. The zero-order chi connectivity index (χ0) is 16.5. The minimum absolute atomic E-state index is 0.609.